The van der Waals surface area contributed by atoms with E-state index in [1.54, 1.807) is 39.1 Å². The fraction of sp³-hybridized carbons (Fsp3) is 0.229. The van der Waals surface area contributed by atoms with E-state index in [0.717, 1.165) is 22.6 Å². The third-order valence-corrected chi connectivity index (χ3v) is 9.67. The summed E-state index contributed by atoms with van der Waals surface area (Å²) in [5, 5.41) is 20.4. The first kappa shape index (κ1) is 33.6. The van der Waals surface area contributed by atoms with Crippen molar-refractivity contribution in [1.29, 1.82) is 0 Å². The lowest BCUT2D eigenvalue weighted by molar-refractivity contribution is -0.130. The number of hydrazone groups is 1. The molecule has 12 nitrogen and oxygen atoms in total. The molecule has 1 aliphatic rings. The van der Waals surface area contributed by atoms with E-state index < -0.39 is 6.04 Å². The van der Waals surface area contributed by atoms with Gasteiger partial charge in [0.1, 0.15) is 11.5 Å². The van der Waals surface area contributed by atoms with Crippen LogP contribution in [0.15, 0.2) is 94.5 Å². The molecule has 1 N–H and O–H groups in total. The summed E-state index contributed by atoms with van der Waals surface area (Å²) in [7, 11) is 6.35. The molecule has 2 aromatic heterocycles. The van der Waals surface area contributed by atoms with E-state index in [9.17, 15) is 9.59 Å². The van der Waals surface area contributed by atoms with Gasteiger partial charge in [-0.15, -0.1) is 21.5 Å². The minimum Gasteiger partial charge on any atom is -0.497 e. The van der Waals surface area contributed by atoms with Gasteiger partial charge in [0.25, 0.3) is 11.8 Å². The molecular weight excluding hydrogens is 665 g/mol. The summed E-state index contributed by atoms with van der Waals surface area (Å²) in [5.41, 5.74) is 3.07. The van der Waals surface area contributed by atoms with Crippen LogP contribution >= 0.6 is 23.1 Å². The normalized spacial score (nSPS) is 13.9. The van der Waals surface area contributed by atoms with Gasteiger partial charge >= 0.3 is 0 Å². The van der Waals surface area contributed by atoms with Gasteiger partial charge in [-0.2, -0.15) is 5.10 Å². The van der Waals surface area contributed by atoms with Gasteiger partial charge in [0.05, 0.1) is 63.1 Å². The SMILES string of the molecule is COc1ccc(C2=NN(C(=O)CSc3nnc(CNC(=O)c4cccs4)n3-c3ccccc3OC)[C@@H](c3cccc(OC)c3OC)C2)cc1. The van der Waals surface area contributed by atoms with Crippen molar-refractivity contribution < 1.29 is 28.5 Å². The fourth-order valence-corrected chi connectivity index (χ4v) is 6.98. The molecule has 1 aliphatic heterocycles. The minimum absolute atomic E-state index is 0.00296. The van der Waals surface area contributed by atoms with E-state index in [-0.39, 0.29) is 24.1 Å². The van der Waals surface area contributed by atoms with Crippen molar-refractivity contribution in [2.24, 2.45) is 5.10 Å². The Bertz CT molecular complexity index is 1960. The van der Waals surface area contributed by atoms with Crippen LogP contribution < -0.4 is 24.3 Å². The molecule has 0 saturated carbocycles. The monoisotopic (exact) mass is 698 g/mol. The summed E-state index contributed by atoms with van der Waals surface area (Å²) in [6.45, 7) is 0.107. The second-order valence-electron chi connectivity index (χ2n) is 10.7. The van der Waals surface area contributed by atoms with Crippen LogP contribution in [0.2, 0.25) is 0 Å². The number of nitrogens with zero attached hydrogens (tertiary/aromatic N) is 5. The molecule has 3 heterocycles. The minimum atomic E-state index is -0.453. The highest BCUT2D eigenvalue weighted by Gasteiger charge is 2.36. The Hall–Kier alpha value is -5.34. The lowest BCUT2D eigenvalue weighted by atomic mass is 9.97. The maximum absolute atomic E-state index is 14.1. The van der Waals surface area contributed by atoms with Gasteiger partial charge in [-0.25, -0.2) is 5.01 Å². The second-order valence-corrected chi connectivity index (χ2v) is 12.6. The third-order valence-electron chi connectivity index (χ3n) is 7.88. The highest BCUT2D eigenvalue weighted by Crippen LogP contribution is 2.42. The second kappa shape index (κ2) is 15.3. The number of hydrogen-bond acceptors (Lipinski definition) is 11. The predicted octanol–water partition coefficient (Wildman–Crippen LogP) is 5.76. The van der Waals surface area contributed by atoms with E-state index in [1.807, 2.05) is 78.2 Å². The molecule has 0 aliphatic carbocycles. The van der Waals surface area contributed by atoms with Gasteiger partial charge in [-0.05, 0) is 59.5 Å². The van der Waals surface area contributed by atoms with Gasteiger partial charge < -0.3 is 24.3 Å². The Morgan fingerprint density at radius 3 is 2.37 bits per heavy atom. The van der Waals surface area contributed by atoms with E-state index >= 15 is 0 Å². The van der Waals surface area contributed by atoms with Crippen LogP contribution in [0, 0.1) is 0 Å². The summed E-state index contributed by atoms with van der Waals surface area (Å²) >= 11 is 2.57. The molecule has 6 rings (SSSR count). The number of methoxy groups -OCH3 is 4. The maximum atomic E-state index is 14.1. The van der Waals surface area contributed by atoms with E-state index in [4.69, 9.17) is 24.0 Å². The highest BCUT2D eigenvalue weighted by atomic mass is 32.2. The van der Waals surface area contributed by atoms with Crippen LogP contribution in [-0.2, 0) is 11.3 Å². The smallest absolute Gasteiger partial charge is 0.261 e. The molecule has 0 radical (unpaired) electrons. The van der Waals surface area contributed by atoms with Crippen molar-refractivity contribution in [2.45, 2.75) is 24.2 Å². The van der Waals surface area contributed by atoms with Gasteiger partial charge in [0.2, 0.25) is 0 Å². The summed E-state index contributed by atoms with van der Waals surface area (Å²) in [6.07, 6.45) is 0.456. The Balaban J connectivity index is 1.30. The molecule has 14 heteroatoms. The molecule has 1 atom stereocenters. The lowest BCUT2D eigenvalue weighted by Gasteiger charge is -2.24. The van der Waals surface area contributed by atoms with Crippen molar-refractivity contribution in [1.82, 2.24) is 25.1 Å². The van der Waals surface area contributed by atoms with Crippen LogP contribution in [0.1, 0.15) is 39.1 Å². The first-order valence-corrected chi connectivity index (χ1v) is 17.1. The summed E-state index contributed by atoms with van der Waals surface area (Å²) in [6, 6.07) is 23.7. The van der Waals surface area contributed by atoms with Crippen LogP contribution in [0.3, 0.4) is 0 Å². The average Bonchev–Trinajstić information content (AvgIpc) is 3.93. The quantitative estimate of drug-likeness (QED) is 0.153. The third kappa shape index (κ3) is 7.10. The number of rotatable bonds is 13. The molecule has 0 spiro atoms. The number of thiophene rings is 1. The van der Waals surface area contributed by atoms with Crippen LogP contribution in [0.25, 0.3) is 5.69 Å². The number of ether oxygens (including phenoxy) is 4. The first-order valence-electron chi connectivity index (χ1n) is 15.2. The summed E-state index contributed by atoms with van der Waals surface area (Å²) in [4.78, 5) is 27.5. The first-order chi connectivity index (χ1) is 23.9. The molecule has 0 saturated heterocycles. The van der Waals surface area contributed by atoms with Crippen molar-refractivity contribution in [2.75, 3.05) is 34.2 Å². The molecule has 252 valence electrons. The van der Waals surface area contributed by atoms with Crippen molar-refractivity contribution >= 4 is 40.6 Å². The largest absolute Gasteiger partial charge is 0.497 e. The van der Waals surface area contributed by atoms with Gasteiger partial charge in [-0.1, -0.05) is 42.1 Å². The number of thioether (sulfide) groups is 1. The van der Waals surface area contributed by atoms with Crippen molar-refractivity contribution in [3.63, 3.8) is 0 Å². The molecule has 5 aromatic rings. The molecule has 0 fully saturated rings. The molecule has 0 bridgehead atoms. The zero-order valence-corrected chi connectivity index (χ0v) is 28.9. The standard InChI is InChI=1S/C35H34N6O6S2/c1-44-23-16-14-22(15-17-23)25-19-27(24-9-7-12-29(46-3)33(24)47-4)41(39-25)32(42)21-49-35-38-37-31(20-36-34(43)30-13-8-18-48-30)40(35)26-10-5-6-11-28(26)45-2/h5-18,27H,19-21H2,1-4H3,(H,36,43)/t27-/m1/s1. The Labute approximate surface area is 291 Å². The summed E-state index contributed by atoms with van der Waals surface area (Å²) in [5.74, 6) is 2.42. The molecular formula is C35H34N6O6S2. The topological polar surface area (TPSA) is 129 Å². The Morgan fingerprint density at radius 1 is 0.878 bits per heavy atom. The zero-order chi connectivity index (χ0) is 34.3. The van der Waals surface area contributed by atoms with E-state index in [1.165, 1.54) is 28.1 Å². The predicted molar refractivity (Wildman–Crippen MR) is 187 cm³/mol. The molecule has 3 aromatic carbocycles. The number of carbonyl (C=O) groups excluding carboxylic acids is 2. The highest BCUT2D eigenvalue weighted by molar-refractivity contribution is 7.99. The number of hydrogen-bond donors (Lipinski definition) is 1. The van der Waals surface area contributed by atoms with Crippen molar-refractivity contribution in [3.05, 3.63) is 106 Å². The van der Waals surface area contributed by atoms with Crippen LogP contribution in [0.5, 0.6) is 23.0 Å². The van der Waals surface area contributed by atoms with E-state index in [2.05, 4.69) is 15.5 Å². The van der Waals surface area contributed by atoms with Gasteiger partial charge in [-0.3, -0.25) is 14.2 Å². The van der Waals surface area contributed by atoms with Gasteiger partial charge in [0.15, 0.2) is 22.5 Å². The average molecular weight is 699 g/mol. The lowest BCUT2D eigenvalue weighted by Crippen LogP contribution is -2.29. The Morgan fingerprint density at radius 2 is 1.65 bits per heavy atom. The fourth-order valence-electron chi connectivity index (χ4n) is 5.53. The van der Waals surface area contributed by atoms with Gasteiger partial charge in [0, 0.05) is 12.0 Å². The molecule has 2 amide bonds. The Kier molecular flexibility index (Phi) is 10.4. The maximum Gasteiger partial charge on any atom is 0.261 e. The number of carbonyl (C=O) groups is 2. The zero-order valence-electron chi connectivity index (χ0n) is 27.3. The van der Waals surface area contributed by atoms with Crippen LogP contribution in [0.4, 0.5) is 0 Å². The number of aromatic nitrogens is 3. The molecule has 0 unspecified atom stereocenters. The summed E-state index contributed by atoms with van der Waals surface area (Å²) < 4.78 is 24.1. The van der Waals surface area contributed by atoms with E-state index in [0.29, 0.717) is 45.2 Å². The number of para-hydroxylation sites is 3. The number of nitrogens with one attached hydrogen (secondary N) is 1. The van der Waals surface area contributed by atoms with Crippen molar-refractivity contribution in [3.8, 4) is 28.7 Å². The number of amides is 2. The molecule has 49 heavy (non-hydrogen) atoms. The van der Waals surface area contributed by atoms with Crippen LogP contribution in [-0.4, -0.2) is 71.5 Å². The number of benzene rings is 3.